The van der Waals surface area contributed by atoms with Gasteiger partial charge in [-0.25, -0.2) is 0 Å². The lowest BCUT2D eigenvalue weighted by atomic mass is 10.1. The van der Waals surface area contributed by atoms with E-state index in [0.717, 1.165) is 12.1 Å². The molecule has 0 bridgehead atoms. The van der Waals surface area contributed by atoms with Gasteiger partial charge in [0.05, 0.1) is 5.56 Å². The van der Waals surface area contributed by atoms with Crippen LogP contribution in [-0.2, 0) is 6.18 Å². The third-order valence-corrected chi connectivity index (χ3v) is 2.68. The first kappa shape index (κ1) is 13.7. The molecule has 0 unspecified atom stereocenters. The van der Waals surface area contributed by atoms with Crippen molar-refractivity contribution in [3.8, 4) is 11.3 Å². The average molecular weight is 289 g/mol. The van der Waals surface area contributed by atoms with Crippen LogP contribution in [-0.4, -0.2) is 5.78 Å². The highest BCUT2D eigenvalue weighted by molar-refractivity contribution is 6.31. The lowest BCUT2D eigenvalue weighted by molar-refractivity contribution is -0.137. The molecule has 0 radical (unpaired) electrons. The molecule has 2 nitrogen and oxygen atoms in total. The molecule has 0 amide bonds. The van der Waals surface area contributed by atoms with Crippen LogP contribution in [0, 0.1) is 0 Å². The summed E-state index contributed by atoms with van der Waals surface area (Å²) in [6.45, 7) is 1.31. The van der Waals surface area contributed by atoms with Gasteiger partial charge in [0, 0.05) is 17.5 Å². The van der Waals surface area contributed by atoms with E-state index in [4.69, 9.17) is 16.0 Å². The second-order valence-electron chi connectivity index (χ2n) is 3.95. The van der Waals surface area contributed by atoms with Gasteiger partial charge >= 0.3 is 6.18 Å². The van der Waals surface area contributed by atoms with Crippen molar-refractivity contribution >= 4 is 17.4 Å². The highest BCUT2D eigenvalue weighted by atomic mass is 35.5. The molecule has 0 aliphatic heterocycles. The fourth-order valence-corrected chi connectivity index (χ4v) is 1.81. The maximum atomic E-state index is 12.7. The molecule has 2 rings (SSSR count). The van der Waals surface area contributed by atoms with E-state index in [0.29, 0.717) is 0 Å². The Bertz CT molecular complexity index is 629. The van der Waals surface area contributed by atoms with E-state index in [2.05, 4.69) is 0 Å². The van der Waals surface area contributed by atoms with Gasteiger partial charge in [0.2, 0.25) is 0 Å². The van der Waals surface area contributed by atoms with Crippen LogP contribution < -0.4 is 0 Å². The summed E-state index contributed by atoms with van der Waals surface area (Å²) in [7, 11) is 0. The number of Topliss-reactive ketones (excluding diaryl/α,β-unsaturated/α-hetero) is 1. The molecule has 1 aromatic carbocycles. The minimum atomic E-state index is -4.49. The van der Waals surface area contributed by atoms with Gasteiger partial charge < -0.3 is 4.42 Å². The number of hydrogen-bond donors (Lipinski definition) is 0. The predicted molar refractivity (Wildman–Crippen MR) is 64.2 cm³/mol. The Morgan fingerprint density at radius 2 is 1.89 bits per heavy atom. The summed E-state index contributed by atoms with van der Waals surface area (Å²) in [4.78, 5) is 11.1. The SMILES string of the molecule is CC(=O)c1ccc(-c2cc(Cl)cc(C(F)(F)F)c2)o1. The first-order chi connectivity index (χ1) is 8.77. The number of alkyl halides is 3. The van der Waals surface area contributed by atoms with E-state index in [-0.39, 0.29) is 27.9 Å². The van der Waals surface area contributed by atoms with Crippen molar-refractivity contribution in [1.29, 1.82) is 0 Å². The monoisotopic (exact) mass is 288 g/mol. The number of carbonyl (C=O) groups is 1. The van der Waals surface area contributed by atoms with Crippen LogP contribution in [0.5, 0.6) is 0 Å². The molecule has 0 saturated heterocycles. The van der Waals surface area contributed by atoms with Crippen molar-refractivity contribution in [3.63, 3.8) is 0 Å². The van der Waals surface area contributed by atoms with E-state index in [1.807, 2.05) is 0 Å². The molecule has 0 saturated carbocycles. The fraction of sp³-hybridized carbons (Fsp3) is 0.154. The number of hydrogen-bond acceptors (Lipinski definition) is 2. The topological polar surface area (TPSA) is 30.2 Å². The molecule has 1 heterocycles. The highest BCUT2D eigenvalue weighted by Crippen LogP contribution is 2.35. The Labute approximate surface area is 111 Å². The summed E-state index contributed by atoms with van der Waals surface area (Å²) in [6.07, 6.45) is -4.49. The molecule has 0 atom stereocenters. The van der Waals surface area contributed by atoms with Crippen molar-refractivity contribution in [2.45, 2.75) is 13.1 Å². The van der Waals surface area contributed by atoms with E-state index >= 15 is 0 Å². The Kier molecular flexibility index (Phi) is 3.41. The largest absolute Gasteiger partial charge is 0.453 e. The number of ketones is 1. The second kappa shape index (κ2) is 4.74. The lowest BCUT2D eigenvalue weighted by Crippen LogP contribution is -2.04. The van der Waals surface area contributed by atoms with E-state index < -0.39 is 11.7 Å². The molecule has 6 heteroatoms. The smallest absolute Gasteiger partial charge is 0.416 e. The second-order valence-corrected chi connectivity index (χ2v) is 4.38. The van der Waals surface area contributed by atoms with Crippen molar-refractivity contribution in [3.05, 3.63) is 46.7 Å². The maximum Gasteiger partial charge on any atom is 0.416 e. The number of furan rings is 1. The van der Waals surface area contributed by atoms with Gasteiger partial charge in [-0.15, -0.1) is 0 Å². The molecule has 100 valence electrons. The molecular weight excluding hydrogens is 281 g/mol. The quantitative estimate of drug-likeness (QED) is 0.742. The molecule has 0 fully saturated rings. The third kappa shape index (κ3) is 2.98. The predicted octanol–water partition coefficient (Wildman–Crippen LogP) is 4.82. The van der Waals surface area contributed by atoms with Gasteiger partial charge in [-0.2, -0.15) is 13.2 Å². The van der Waals surface area contributed by atoms with Crippen LogP contribution in [0.2, 0.25) is 5.02 Å². The van der Waals surface area contributed by atoms with Crippen LogP contribution in [0.25, 0.3) is 11.3 Å². The molecule has 0 spiro atoms. The first-order valence-electron chi connectivity index (χ1n) is 5.26. The highest BCUT2D eigenvalue weighted by Gasteiger charge is 2.31. The van der Waals surface area contributed by atoms with E-state index in [9.17, 15) is 18.0 Å². The lowest BCUT2D eigenvalue weighted by Gasteiger charge is -2.08. The minimum absolute atomic E-state index is 0.0504. The van der Waals surface area contributed by atoms with E-state index in [1.54, 1.807) is 0 Å². The van der Waals surface area contributed by atoms with Crippen molar-refractivity contribution in [2.24, 2.45) is 0 Å². The summed E-state index contributed by atoms with van der Waals surface area (Å²) in [5.41, 5.74) is -0.692. The van der Waals surface area contributed by atoms with Crippen molar-refractivity contribution in [2.75, 3.05) is 0 Å². The Morgan fingerprint density at radius 3 is 2.42 bits per heavy atom. The van der Waals surface area contributed by atoms with E-state index in [1.165, 1.54) is 25.1 Å². The summed E-state index contributed by atoms with van der Waals surface area (Å²) < 4.78 is 43.1. The van der Waals surface area contributed by atoms with Crippen LogP contribution in [0.3, 0.4) is 0 Å². The van der Waals surface area contributed by atoms with Gasteiger partial charge in [-0.1, -0.05) is 11.6 Å². The maximum absolute atomic E-state index is 12.7. The third-order valence-electron chi connectivity index (χ3n) is 2.46. The van der Waals surface area contributed by atoms with Crippen LogP contribution >= 0.6 is 11.6 Å². The van der Waals surface area contributed by atoms with Crippen LogP contribution in [0.4, 0.5) is 13.2 Å². The molecule has 0 aliphatic rings. The van der Waals surface area contributed by atoms with Gasteiger partial charge in [0.1, 0.15) is 5.76 Å². The van der Waals surface area contributed by atoms with Crippen LogP contribution in [0.15, 0.2) is 34.7 Å². The van der Waals surface area contributed by atoms with Crippen molar-refractivity contribution < 1.29 is 22.4 Å². The number of rotatable bonds is 2. The standard InChI is InChI=1S/C13H8ClF3O2/c1-7(18)11-2-3-12(19-11)8-4-9(13(15,16)17)6-10(14)5-8/h2-6H,1H3. The zero-order valence-electron chi connectivity index (χ0n) is 9.72. The fourth-order valence-electron chi connectivity index (χ4n) is 1.58. The zero-order valence-corrected chi connectivity index (χ0v) is 10.5. The van der Waals surface area contributed by atoms with Gasteiger partial charge in [0.25, 0.3) is 0 Å². The minimum Gasteiger partial charge on any atom is -0.453 e. The molecule has 19 heavy (non-hydrogen) atoms. The van der Waals surface area contributed by atoms with Gasteiger partial charge in [0.15, 0.2) is 11.5 Å². The molecule has 2 aromatic rings. The Balaban J connectivity index is 2.50. The normalized spacial score (nSPS) is 11.6. The summed E-state index contributed by atoms with van der Waals surface area (Å²) in [5.74, 6) is -0.0499. The van der Waals surface area contributed by atoms with Gasteiger partial charge in [-0.05, 0) is 30.3 Å². The Hall–Kier alpha value is -1.75. The number of carbonyl (C=O) groups excluding carboxylic acids is 1. The average Bonchev–Trinajstić information content (AvgIpc) is 2.76. The molecular formula is C13H8ClF3O2. The Morgan fingerprint density at radius 1 is 1.21 bits per heavy atom. The van der Waals surface area contributed by atoms with Gasteiger partial charge in [-0.3, -0.25) is 4.79 Å². The molecule has 0 N–H and O–H groups in total. The molecule has 0 aliphatic carbocycles. The number of benzene rings is 1. The zero-order chi connectivity index (χ0) is 14.2. The summed E-state index contributed by atoms with van der Waals surface area (Å²) >= 11 is 5.67. The van der Waals surface area contributed by atoms with Crippen molar-refractivity contribution in [1.82, 2.24) is 0 Å². The van der Waals surface area contributed by atoms with Crippen LogP contribution in [0.1, 0.15) is 23.0 Å². The summed E-state index contributed by atoms with van der Waals surface area (Å²) in [5, 5.41) is -0.0504. The molecule has 1 aromatic heterocycles. The first-order valence-corrected chi connectivity index (χ1v) is 5.64. The number of halogens is 4. The summed E-state index contributed by atoms with van der Waals surface area (Å²) in [6, 6.07) is 5.95.